The molecule has 1 heterocycles. The van der Waals surface area contributed by atoms with E-state index in [9.17, 15) is 9.18 Å². The van der Waals surface area contributed by atoms with E-state index in [2.05, 4.69) is 15.7 Å². The van der Waals surface area contributed by atoms with E-state index in [-0.39, 0.29) is 5.54 Å². The first-order valence-electron chi connectivity index (χ1n) is 7.27. The highest BCUT2D eigenvalue weighted by molar-refractivity contribution is 6.01. The third-order valence-corrected chi connectivity index (χ3v) is 3.22. The van der Waals surface area contributed by atoms with Crippen LogP contribution in [0.5, 0.6) is 0 Å². The summed E-state index contributed by atoms with van der Waals surface area (Å²) in [7, 11) is 3.65. The Morgan fingerprint density at radius 3 is 2.52 bits per heavy atom. The summed E-state index contributed by atoms with van der Waals surface area (Å²) in [6.45, 7) is 6.04. The van der Waals surface area contributed by atoms with Gasteiger partial charge in [0.15, 0.2) is 0 Å². The average molecular weight is 319 g/mol. The lowest BCUT2D eigenvalue weighted by Gasteiger charge is -2.19. The molecule has 2 aromatic rings. The van der Waals surface area contributed by atoms with Crippen molar-refractivity contribution in [3.8, 4) is 0 Å². The van der Waals surface area contributed by atoms with Crippen molar-refractivity contribution in [3.05, 3.63) is 36.4 Å². The van der Waals surface area contributed by atoms with Gasteiger partial charge in [0.25, 0.3) is 0 Å². The Morgan fingerprint density at radius 2 is 1.96 bits per heavy atom. The van der Waals surface area contributed by atoms with Gasteiger partial charge in [0.2, 0.25) is 0 Å². The molecule has 0 spiro atoms. The van der Waals surface area contributed by atoms with Gasteiger partial charge < -0.3 is 15.5 Å². The third-order valence-electron chi connectivity index (χ3n) is 3.22. The Hall–Kier alpha value is -2.57. The minimum atomic E-state index is -0.452. The molecule has 0 radical (unpaired) electrons. The molecule has 0 atom stereocenters. The van der Waals surface area contributed by atoms with Crippen LogP contribution >= 0.6 is 0 Å². The molecular formula is C16H22FN5O. The molecule has 7 heteroatoms. The van der Waals surface area contributed by atoms with Crippen molar-refractivity contribution < 1.29 is 9.18 Å². The Morgan fingerprint density at radius 1 is 1.26 bits per heavy atom. The molecule has 1 aromatic heterocycles. The van der Waals surface area contributed by atoms with E-state index in [1.54, 1.807) is 28.0 Å². The molecule has 0 fully saturated rings. The summed E-state index contributed by atoms with van der Waals surface area (Å²) in [5.41, 5.74) is 1.51. The molecule has 0 aliphatic rings. The topological polar surface area (TPSA) is 62.2 Å². The molecule has 0 aliphatic carbocycles. The molecule has 0 bridgehead atoms. The fourth-order valence-electron chi connectivity index (χ4n) is 2.04. The smallest absolute Gasteiger partial charge is 0.323 e. The standard InChI is InChI=1S/C16H22FN5O/c1-16(2,3)22-10-12(9-18-22)19-15(23)20-13-8-11(17)6-7-14(13)21(4)5/h6-10H,1-5H3,(H2,19,20,23). The molecule has 2 N–H and O–H groups in total. The highest BCUT2D eigenvalue weighted by Crippen LogP contribution is 2.25. The van der Waals surface area contributed by atoms with Crippen molar-refractivity contribution in [1.82, 2.24) is 9.78 Å². The van der Waals surface area contributed by atoms with Crippen LogP contribution in [0, 0.1) is 5.82 Å². The van der Waals surface area contributed by atoms with E-state index < -0.39 is 11.8 Å². The molecule has 2 amide bonds. The van der Waals surface area contributed by atoms with Crippen molar-refractivity contribution in [1.29, 1.82) is 0 Å². The third kappa shape index (κ3) is 4.21. The highest BCUT2D eigenvalue weighted by Gasteiger charge is 2.15. The largest absolute Gasteiger partial charge is 0.376 e. The number of amides is 2. The van der Waals surface area contributed by atoms with Gasteiger partial charge in [0, 0.05) is 20.3 Å². The summed E-state index contributed by atoms with van der Waals surface area (Å²) >= 11 is 0. The van der Waals surface area contributed by atoms with Gasteiger partial charge in [-0.3, -0.25) is 4.68 Å². The SMILES string of the molecule is CN(C)c1ccc(F)cc1NC(=O)Nc1cnn(C(C)(C)C)c1. The fraction of sp³-hybridized carbons (Fsp3) is 0.375. The maximum absolute atomic E-state index is 13.4. The molecule has 0 saturated carbocycles. The maximum Gasteiger partial charge on any atom is 0.323 e. The zero-order valence-corrected chi connectivity index (χ0v) is 14.0. The van der Waals surface area contributed by atoms with Gasteiger partial charge in [-0.2, -0.15) is 5.10 Å². The van der Waals surface area contributed by atoms with Gasteiger partial charge in [-0.25, -0.2) is 9.18 Å². The number of hydrogen-bond donors (Lipinski definition) is 2. The summed E-state index contributed by atoms with van der Waals surface area (Å²) in [5.74, 6) is -0.411. The van der Waals surface area contributed by atoms with Crippen molar-refractivity contribution in [2.24, 2.45) is 0 Å². The van der Waals surface area contributed by atoms with Crippen LogP contribution in [0.25, 0.3) is 0 Å². The Kier molecular flexibility index (Phi) is 4.58. The molecule has 0 aliphatic heterocycles. The quantitative estimate of drug-likeness (QED) is 0.910. The summed E-state index contributed by atoms with van der Waals surface area (Å²) in [4.78, 5) is 13.9. The van der Waals surface area contributed by atoms with E-state index in [0.29, 0.717) is 17.1 Å². The summed E-state index contributed by atoms with van der Waals surface area (Å²) < 4.78 is 15.2. The van der Waals surface area contributed by atoms with Crippen LogP contribution in [0.1, 0.15) is 20.8 Å². The zero-order chi connectivity index (χ0) is 17.2. The molecule has 6 nitrogen and oxygen atoms in total. The van der Waals surface area contributed by atoms with Gasteiger partial charge >= 0.3 is 6.03 Å². The minimum Gasteiger partial charge on any atom is -0.376 e. The van der Waals surface area contributed by atoms with Crippen molar-refractivity contribution in [3.63, 3.8) is 0 Å². The number of anilines is 3. The Bertz CT molecular complexity index is 703. The fourth-order valence-corrected chi connectivity index (χ4v) is 2.04. The van der Waals surface area contributed by atoms with Gasteiger partial charge in [-0.1, -0.05) is 0 Å². The van der Waals surface area contributed by atoms with Crippen molar-refractivity contribution in [2.75, 3.05) is 29.6 Å². The number of urea groups is 1. The molecule has 1 aromatic carbocycles. The summed E-state index contributed by atoms with van der Waals surface area (Å²) in [6, 6.07) is 3.80. The van der Waals surface area contributed by atoms with Gasteiger partial charge in [-0.15, -0.1) is 0 Å². The Labute approximate surface area is 135 Å². The predicted molar refractivity (Wildman–Crippen MR) is 90.6 cm³/mol. The average Bonchev–Trinajstić information content (AvgIpc) is 2.86. The minimum absolute atomic E-state index is 0.170. The number of nitrogens with one attached hydrogen (secondary N) is 2. The number of carbonyl (C=O) groups is 1. The van der Waals surface area contributed by atoms with Crippen LogP contribution < -0.4 is 15.5 Å². The highest BCUT2D eigenvalue weighted by atomic mass is 19.1. The number of nitrogens with zero attached hydrogens (tertiary/aromatic N) is 3. The van der Waals surface area contributed by atoms with E-state index in [1.807, 2.05) is 34.9 Å². The number of benzene rings is 1. The van der Waals surface area contributed by atoms with Gasteiger partial charge in [0.1, 0.15) is 5.82 Å². The van der Waals surface area contributed by atoms with Crippen molar-refractivity contribution in [2.45, 2.75) is 26.3 Å². The number of hydrogen-bond acceptors (Lipinski definition) is 3. The monoisotopic (exact) mass is 319 g/mol. The normalized spacial score (nSPS) is 11.2. The van der Waals surface area contributed by atoms with E-state index >= 15 is 0 Å². The summed E-state index contributed by atoms with van der Waals surface area (Å²) in [6.07, 6.45) is 3.32. The maximum atomic E-state index is 13.4. The van der Waals surface area contributed by atoms with E-state index in [4.69, 9.17) is 0 Å². The molecule has 0 unspecified atom stereocenters. The van der Waals surface area contributed by atoms with Gasteiger partial charge in [0.05, 0.1) is 28.8 Å². The first-order valence-corrected chi connectivity index (χ1v) is 7.27. The number of aromatic nitrogens is 2. The van der Waals surface area contributed by atoms with Crippen LogP contribution in [-0.2, 0) is 5.54 Å². The molecular weight excluding hydrogens is 297 g/mol. The summed E-state index contributed by atoms with van der Waals surface area (Å²) in [5, 5.41) is 9.57. The second kappa shape index (κ2) is 6.28. The first kappa shape index (κ1) is 16.8. The lowest BCUT2D eigenvalue weighted by atomic mass is 10.1. The van der Waals surface area contributed by atoms with Crippen LogP contribution in [-0.4, -0.2) is 29.9 Å². The van der Waals surface area contributed by atoms with Crippen LogP contribution in [0.4, 0.5) is 26.2 Å². The molecule has 124 valence electrons. The van der Waals surface area contributed by atoms with Crippen LogP contribution in [0.3, 0.4) is 0 Å². The predicted octanol–water partition coefficient (Wildman–Crippen LogP) is 3.49. The molecule has 2 rings (SSSR count). The Balaban J connectivity index is 2.11. The number of halogens is 1. The number of rotatable bonds is 3. The molecule has 23 heavy (non-hydrogen) atoms. The zero-order valence-electron chi connectivity index (χ0n) is 14.0. The van der Waals surface area contributed by atoms with Crippen molar-refractivity contribution >= 4 is 23.1 Å². The first-order chi connectivity index (χ1) is 10.7. The number of carbonyl (C=O) groups excluding carboxylic acids is 1. The van der Waals surface area contributed by atoms with E-state index in [0.717, 1.165) is 0 Å². The van der Waals surface area contributed by atoms with Crippen LogP contribution in [0.15, 0.2) is 30.6 Å². The molecule has 0 saturated heterocycles. The lowest BCUT2D eigenvalue weighted by Crippen LogP contribution is -2.23. The van der Waals surface area contributed by atoms with Crippen LogP contribution in [0.2, 0.25) is 0 Å². The lowest BCUT2D eigenvalue weighted by molar-refractivity contribution is 0.262. The van der Waals surface area contributed by atoms with E-state index in [1.165, 1.54) is 12.1 Å². The second-order valence-corrected chi connectivity index (χ2v) is 6.48. The van der Waals surface area contributed by atoms with Gasteiger partial charge in [-0.05, 0) is 39.0 Å². The second-order valence-electron chi connectivity index (χ2n) is 6.48.